The highest BCUT2D eigenvalue weighted by Crippen LogP contribution is 2.34. The fraction of sp³-hybridized carbons (Fsp3) is 0.250. The highest BCUT2D eigenvalue weighted by atomic mass is 32.2. The van der Waals surface area contributed by atoms with Crippen LogP contribution in [-0.2, 0) is 11.9 Å². The van der Waals surface area contributed by atoms with E-state index in [9.17, 15) is 13.2 Å². The molecule has 1 heterocycles. The molecule has 0 unspecified atom stereocenters. The minimum Gasteiger partial charge on any atom is -0.436 e. The molecule has 0 radical (unpaired) electrons. The minimum atomic E-state index is -4.46. The molecule has 0 aliphatic rings. The van der Waals surface area contributed by atoms with Gasteiger partial charge in [-0.05, 0) is 12.5 Å². The number of nitrogens with zero attached hydrogens (tertiary/aromatic N) is 1. The molecule has 2 rings (SSSR count). The third-order valence-corrected chi connectivity index (χ3v) is 3.15. The quantitative estimate of drug-likeness (QED) is 0.780. The van der Waals surface area contributed by atoms with Crippen LogP contribution >= 0.6 is 11.8 Å². The van der Waals surface area contributed by atoms with Crippen molar-refractivity contribution in [1.82, 2.24) is 4.98 Å². The zero-order valence-electron chi connectivity index (χ0n) is 9.49. The Bertz CT molecular complexity index is 522. The third kappa shape index (κ3) is 3.07. The largest absolute Gasteiger partial charge is 0.436 e. The molecule has 2 aromatic rings. The lowest BCUT2D eigenvalue weighted by molar-refractivity contribution is -0.141. The molecule has 0 atom stereocenters. The highest BCUT2D eigenvalue weighted by Gasteiger charge is 2.37. The molecule has 1 aromatic carbocycles. The van der Waals surface area contributed by atoms with Crippen LogP contribution in [0.3, 0.4) is 0 Å². The third-order valence-electron chi connectivity index (χ3n) is 2.25. The van der Waals surface area contributed by atoms with Gasteiger partial charge in [0.05, 0.1) is 0 Å². The average Bonchev–Trinajstić information content (AvgIpc) is 2.69. The topological polar surface area (TPSA) is 26.0 Å². The number of thioether (sulfide) groups is 1. The predicted molar refractivity (Wildman–Crippen MR) is 62.2 cm³/mol. The lowest BCUT2D eigenvalue weighted by atomic mass is 10.2. The van der Waals surface area contributed by atoms with Gasteiger partial charge < -0.3 is 4.42 Å². The first-order valence-corrected chi connectivity index (χ1v) is 6.17. The van der Waals surface area contributed by atoms with Crippen molar-refractivity contribution in [3.63, 3.8) is 0 Å². The first-order chi connectivity index (χ1) is 8.47. The van der Waals surface area contributed by atoms with E-state index in [1.807, 2.05) is 30.3 Å². The highest BCUT2D eigenvalue weighted by molar-refractivity contribution is 7.98. The van der Waals surface area contributed by atoms with Gasteiger partial charge in [0.1, 0.15) is 5.76 Å². The van der Waals surface area contributed by atoms with E-state index in [4.69, 9.17) is 4.42 Å². The number of benzene rings is 1. The zero-order chi connectivity index (χ0) is 13.2. The summed E-state index contributed by atoms with van der Waals surface area (Å²) < 4.78 is 42.5. The van der Waals surface area contributed by atoms with E-state index in [1.165, 1.54) is 6.92 Å². The molecule has 0 saturated heterocycles. The van der Waals surface area contributed by atoms with Crippen molar-refractivity contribution in [2.45, 2.75) is 24.1 Å². The van der Waals surface area contributed by atoms with Gasteiger partial charge in [-0.2, -0.15) is 18.2 Å². The SMILES string of the molecule is Cc1oc(SCc2ccccc2)nc1C(F)(F)F. The summed E-state index contributed by atoms with van der Waals surface area (Å²) in [6, 6.07) is 9.42. The Balaban J connectivity index is 2.07. The van der Waals surface area contributed by atoms with Crippen LogP contribution in [0.1, 0.15) is 17.0 Å². The van der Waals surface area contributed by atoms with Crippen molar-refractivity contribution in [1.29, 1.82) is 0 Å². The molecule has 0 aliphatic heterocycles. The van der Waals surface area contributed by atoms with Crippen molar-refractivity contribution in [3.8, 4) is 0 Å². The molecule has 0 fully saturated rings. The second kappa shape index (κ2) is 5.06. The van der Waals surface area contributed by atoms with Gasteiger partial charge in [-0.15, -0.1) is 0 Å². The zero-order valence-corrected chi connectivity index (χ0v) is 10.3. The molecule has 2 nitrogen and oxygen atoms in total. The van der Waals surface area contributed by atoms with Gasteiger partial charge in [0.15, 0.2) is 5.69 Å². The summed E-state index contributed by atoms with van der Waals surface area (Å²) in [5, 5.41) is 0.0451. The number of rotatable bonds is 3. The van der Waals surface area contributed by atoms with Crippen LogP contribution in [0.15, 0.2) is 40.0 Å². The Morgan fingerprint density at radius 2 is 1.89 bits per heavy atom. The molecular formula is C12H10F3NOS. The number of halogens is 3. The molecule has 18 heavy (non-hydrogen) atoms. The first kappa shape index (κ1) is 13.0. The fourth-order valence-corrected chi connectivity index (χ4v) is 2.24. The maximum absolute atomic E-state index is 12.5. The summed E-state index contributed by atoms with van der Waals surface area (Å²) >= 11 is 1.15. The molecule has 0 spiro atoms. The van der Waals surface area contributed by atoms with Gasteiger partial charge in [-0.3, -0.25) is 0 Å². The average molecular weight is 273 g/mol. The van der Waals surface area contributed by atoms with Crippen molar-refractivity contribution >= 4 is 11.8 Å². The summed E-state index contributed by atoms with van der Waals surface area (Å²) in [7, 11) is 0. The van der Waals surface area contributed by atoms with E-state index in [0.717, 1.165) is 17.3 Å². The van der Waals surface area contributed by atoms with Gasteiger partial charge in [-0.25, -0.2) is 0 Å². The second-order valence-corrected chi connectivity index (χ2v) is 4.58. The molecular weight excluding hydrogens is 263 g/mol. The first-order valence-electron chi connectivity index (χ1n) is 5.18. The van der Waals surface area contributed by atoms with Crippen molar-refractivity contribution in [2.24, 2.45) is 0 Å². The molecule has 0 amide bonds. The summed E-state index contributed by atoms with van der Waals surface area (Å²) in [6.07, 6.45) is -4.46. The molecule has 0 bridgehead atoms. The van der Waals surface area contributed by atoms with Crippen LogP contribution < -0.4 is 0 Å². The van der Waals surface area contributed by atoms with E-state index < -0.39 is 11.9 Å². The van der Waals surface area contributed by atoms with Crippen LogP contribution in [0, 0.1) is 6.92 Å². The number of hydrogen-bond donors (Lipinski definition) is 0. The van der Waals surface area contributed by atoms with Crippen molar-refractivity contribution in [2.75, 3.05) is 0 Å². The Kier molecular flexibility index (Phi) is 3.65. The number of aromatic nitrogens is 1. The van der Waals surface area contributed by atoms with E-state index >= 15 is 0 Å². The standard InChI is InChI=1S/C12H10F3NOS/c1-8-10(12(13,14)15)16-11(17-8)18-7-9-5-3-2-4-6-9/h2-6H,7H2,1H3. The molecule has 1 aromatic heterocycles. The summed E-state index contributed by atoms with van der Waals surface area (Å²) in [5.41, 5.74) is 0.0602. The van der Waals surface area contributed by atoms with E-state index in [-0.39, 0.29) is 11.0 Å². The number of hydrogen-bond acceptors (Lipinski definition) is 3. The summed E-state index contributed by atoms with van der Waals surface area (Å²) in [4.78, 5) is 3.47. The summed E-state index contributed by atoms with van der Waals surface area (Å²) in [6.45, 7) is 1.27. The number of aryl methyl sites for hydroxylation is 1. The van der Waals surface area contributed by atoms with Crippen LogP contribution in [0.4, 0.5) is 13.2 Å². The molecule has 0 saturated carbocycles. The second-order valence-electron chi connectivity index (χ2n) is 3.66. The van der Waals surface area contributed by atoms with Gasteiger partial charge in [0.25, 0.3) is 5.22 Å². The van der Waals surface area contributed by atoms with Gasteiger partial charge in [-0.1, -0.05) is 42.1 Å². The van der Waals surface area contributed by atoms with Gasteiger partial charge in [0.2, 0.25) is 0 Å². The molecule has 0 N–H and O–H groups in total. The Morgan fingerprint density at radius 1 is 1.22 bits per heavy atom. The maximum atomic E-state index is 12.5. The van der Waals surface area contributed by atoms with Gasteiger partial charge in [0, 0.05) is 5.75 Å². The monoisotopic (exact) mass is 273 g/mol. The van der Waals surface area contributed by atoms with Crippen molar-refractivity contribution in [3.05, 3.63) is 47.3 Å². The fourth-order valence-electron chi connectivity index (χ4n) is 1.42. The van der Waals surface area contributed by atoms with E-state index in [2.05, 4.69) is 4.98 Å². The normalized spacial score (nSPS) is 11.8. The predicted octanol–water partition coefficient (Wildman–Crippen LogP) is 4.29. The maximum Gasteiger partial charge on any atom is 0.436 e. The smallest absolute Gasteiger partial charge is 0.436 e. The Labute approximate surface area is 106 Å². The van der Waals surface area contributed by atoms with Crippen LogP contribution in [0.2, 0.25) is 0 Å². The van der Waals surface area contributed by atoms with Crippen LogP contribution in [0.25, 0.3) is 0 Å². The Morgan fingerprint density at radius 3 is 2.44 bits per heavy atom. The lowest BCUT2D eigenvalue weighted by Crippen LogP contribution is -2.06. The number of oxazole rings is 1. The van der Waals surface area contributed by atoms with E-state index in [1.54, 1.807) is 0 Å². The van der Waals surface area contributed by atoms with Crippen LogP contribution in [0.5, 0.6) is 0 Å². The number of alkyl halides is 3. The van der Waals surface area contributed by atoms with Crippen LogP contribution in [-0.4, -0.2) is 4.98 Å². The summed E-state index contributed by atoms with van der Waals surface area (Å²) in [5.74, 6) is 0.330. The molecule has 96 valence electrons. The minimum absolute atomic E-state index is 0.0451. The lowest BCUT2D eigenvalue weighted by Gasteiger charge is -2.00. The van der Waals surface area contributed by atoms with Crippen molar-refractivity contribution < 1.29 is 17.6 Å². The molecule has 6 heteroatoms. The molecule has 0 aliphatic carbocycles. The van der Waals surface area contributed by atoms with Gasteiger partial charge >= 0.3 is 6.18 Å². The van der Waals surface area contributed by atoms with E-state index in [0.29, 0.717) is 5.75 Å². The Hall–Kier alpha value is -1.43.